The highest BCUT2D eigenvalue weighted by Gasteiger charge is 1.92. The van der Waals surface area contributed by atoms with E-state index in [0.717, 1.165) is 13.0 Å². The number of methoxy groups -OCH3 is 1. The molecule has 0 saturated carbocycles. The summed E-state index contributed by atoms with van der Waals surface area (Å²) in [5.41, 5.74) is 0. The van der Waals surface area contributed by atoms with Gasteiger partial charge in [0.05, 0.1) is 0 Å². The lowest BCUT2D eigenvalue weighted by Gasteiger charge is -2.02. The van der Waals surface area contributed by atoms with Gasteiger partial charge in [0.1, 0.15) is 6.79 Å². The third-order valence-corrected chi connectivity index (χ3v) is 4.56. The minimum Gasteiger partial charge on any atom is -0.359 e. The zero-order chi connectivity index (χ0) is 18.3. The summed E-state index contributed by atoms with van der Waals surface area (Å²) in [4.78, 5) is 0. The maximum Gasteiger partial charge on any atom is 0.146 e. The lowest BCUT2D eigenvalue weighted by Crippen LogP contribution is -1.98. The number of hydrogen-bond acceptors (Lipinski definition) is 2. The van der Waals surface area contributed by atoms with Crippen molar-refractivity contribution in [2.24, 2.45) is 0 Å². The fraction of sp³-hybridized carbons (Fsp3) is 0.826. The van der Waals surface area contributed by atoms with Crippen LogP contribution in [0.2, 0.25) is 0 Å². The molecule has 0 aliphatic carbocycles. The van der Waals surface area contributed by atoms with Crippen LogP contribution in [0.3, 0.4) is 0 Å². The average molecular weight is 353 g/mol. The minimum absolute atomic E-state index is 0.429. The second kappa shape index (κ2) is 23.4. The Morgan fingerprint density at radius 3 is 1.52 bits per heavy atom. The topological polar surface area (TPSA) is 18.5 Å². The second-order valence-corrected chi connectivity index (χ2v) is 7.04. The Balaban J connectivity index is 3.05. The van der Waals surface area contributed by atoms with E-state index in [1.54, 1.807) is 7.11 Å². The highest BCUT2D eigenvalue weighted by molar-refractivity contribution is 4.81. The lowest BCUT2D eigenvalue weighted by atomic mass is 10.1. The fourth-order valence-corrected chi connectivity index (χ4v) is 2.99. The molecule has 0 heterocycles. The molecular weight excluding hydrogens is 308 g/mol. The normalized spacial score (nSPS) is 11.4. The monoisotopic (exact) mass is 352 g/mol. The van der Waals surface area contributed by atoms with Crippen molar-refractivity contribution < 1.29 is 9.47 Å². The summed E-state index contributed by atoms with van der Waals surface area (Å²) in [7, 11) is 1.67. The molecule has 0 saturated heterocycles. The van der Waals surface area contributed by atoms with Gasteiger partial charge in [0, 0.05) is 13.7 Å². The van der Waals surface area contributed by atoms with E-state index in [1.807, 2.05) is 6.08 Å². The van der Waals surface area contributed by atoms with Crippen LogP contribution in [0.4, 0.5) is 0 Å². The number of hydrogen-bond donors (Lipinski definition) is 0. The van der Waals surface area contributed by atoms with Gasteiger partial charge in [-0.15, -0.1) is 6.58 Å². The molecule has 0 aliphatic rings. The van der Waals surface area contributed by atoms with Gasteiger partial charge in [-0.1, -0.05) is 76.0 Å². The molecule has 0 spiro atoms. The molecule has 25 heavy (non-hydrogen) atoms. The standard InChI is InChI=1S/C23H44O2/c1-3-4-5-6-7-8-9-10-11-12-13-14-15-16-17-18-19-20-21-22-25-23-24-2/h3,15-16H,1,4-14,17-23H2,2H3/b16-15-. The Bertz CT molecular complexity index is 273. The van der Waals surface area contributed by atoms with E-state index < -0.39 is 0 Å². The van der Waals surface area contributed by atoms with Crippen molar-refractivity contribution in [1.29, 1.82) is 0 Å². The molecule has 0 fully saturated rings. The Labute approximate surface area is 158 Å². The van der Waals surface area contributed by atoms with E-state index in [0.29, 0.717) is 6.79 Å². The maximum atomic E-state index is 5.28. The molecule has 148 valence electrons. The van der Waals surface area contributed by atoms with Crippen LogP contribution in [0.25, 0.3) is 0 Å². The van der Waals surface area contributed by atoms with Gasteiger partial charge in [-0.05, 0) is 44.9 Å². The van der Waals surface area contributed by atoms with Crippen molar-refractivity contribution in [1.82, 2.24) is 0 Å². The van der Waals surface area contributed by atoms with Crippen LogP contribution in [-0.2, 0) is 9.47 Å². The Morgan fingerprint density at radius 1 is 0.600 bits per heavy atom. The minimum atomic E-state index is 0.429. The first-order valence-electron chi connectivity index (χ1n) is 10.7. The molecule has 0 unspecified atom stereocenters. The fourth-order valence-electron chi connectivity index (χ4n) is 2.99. The van der Waals surface area contributed by atoms with Gasteiger partial charge in [0.2, 0.25) is 0 Å². The molecule has 0 N–H and O–H groups in total. The number of rotatable bonds is 21. The van der Waals surface area contributed by atoms with Gasteiger partial charge >= 0.3 is 0 Å². The van der Waals surface area contributed by atoms with E-state index in [9.17, 15) is 0 Å². The van der Waals surface area contributed by atoms with Crippen molar-refractivity contribution in [3.63, 3.8) is 0 Å². The molecule has 0 rings (SSSR count). The van der Waals surface area contributed by atoms with Crippen molar-refractivity contribution in [2.45, 2.75) is 103 Å². The first-order valence-corrected chi connectivity index (χ1v) is 10.7. The number of unbranched alkanes of at least 4 members (excludes halogenated alkanes) is 14. The molecule has 0 radical (unpaired) electrons. The zero-order valence-corrected chi connectivity index (χ0v) is 17.0. The average Bonchev–Trinajstić information content (AvgIpc) is 2.63. The Hall–Kier alpha value is -0.600. The van der Waals surface area contributed by atoms with Crippen LogP contribution in [-0.4, -0.2) is 20.5 Å². The van der Waals surface area contributed by atoms with E-state index in [2.05, 4.69) is 18.7 Å². The summed E-state index contributed by atoms with van der Waals surface area (Å²) in [6.45, 7) is 5.03. The van der Waals surface area contributed by atoms with Gasteiger partial charge < -0.3 is 9.47 Å². The Morgan fingerprint density at radius 2 is 1.04 bits per heavy atom. The molecule has 2 heteroatoms. The second-order valence-electron chi connectivity index (χ2n) is 7.04. The SMILES string of the molecule is C=CCCCCCCCCCCC/C=C\CCCCCCOCOC. The van der Waals surface area contributed by atoms with E-state index in [1.165, 1.54) is 96.3 Å². The van der Waals surface area contributed by atoms with Gasteiger partial charge in [0.15, 0.2) is 0 Å². The molecule has 0 atom stereocenters. The Kier molecular flexibility index (Phi) is 22.8. The van der Waals surface area contributed by atoms with Crippen LogP contribution >= 0.6 is 0 Å². The lowest BCUT2D eigenvalue weighted by molar-refractivity contribution is -0.0315. The van der Waals surface area contributed by atoms with Gasteiger partial charge in [-0.25, -0.2) is 0 Å². The molecule has 0 aromatic rings. The summed E-state index contributed by atoms with van der Waals surface area (Å²) in [5.74, 6) is 0. The van der Waals surface area contributed by atoms with E-state index >= 15 is 0 Å². The van der Waals surface area contributed by atoms with Crippen molar-refractivity contribution in [2.75, 3.05) is 20.5 Å². The number of allylic oxidation sites excluding steroid dienone is 3. The molecule has 0 aromatic carbocycles. The molecule has 0 bridgehead atoms. The summed E-state index contributed by atoms with van der Waals surface area (Å²) in [5, 5.41) is 0. The van der Waals surface area contributed by atoms with Crippen LogP contribution < -0.4 is 0 Å². The van der Waals surface area contributed by atoms with E-state index in [-0.39, 0.29) is 0 Å². The van der Waals surface area contributed by atoms with Crippen molar-refractivity contribution >= 4 is 0 Å². The first-order chi connectivity index (χ1) is 12.4. The molecular formula is C23H44O2. The predicted octanol–water partition coefficient (Wildman–Crippen LogP) is 7.59. The van der Waals surface area contributed by atoms with Crippen molar-refractivity contribution in [3.05, 3.63) is 24.8 Å². The summed E-state index contributed by atoms with van der Waals surface area (Å²) < 4.78 is 10.1. The summed E-state index contributed by atoms with van der Waals surface area (Å²) in [6.07, 6.45) is 28.2. The third-order valence-electron chi connectivity index (χ3n) is 4.56. The molecule has 0 aliphatic heterocycles. The van der Waals surface area contributed by atoms with Gasteiger partial charge in [0.25, 0.3) is 0 Å². The van der Waals surface area contributed by atoms with Crippen LogP contribution in [0.5, 0.6) is 0 Å². The predicted molar refractivity (Wildman–Crippen MR) is 111 cm³/mol. The third kappa shape index (κ3) is 23.4. The number of ether oxygens (including phenoxy) is 2. The van der Waals surface area contributed by atoms with Crippen LogP contribution in [0.15, 0.2) is 24.8 Å². The largest absolute Gasteiger partial charge is 0.359 e. The summed E-state index contributed by atoms with van der Waals surface area (Å²) >= 11 is 0. The molecule has 0 aromatic heterocycles. The zero-order valence-electron chi connectivity index (χ0n) is 17.0. The van der Waals surface area contributed by atoms with E-state index in [4.69, 9.17) is 9.47 Å². The highest BCUT2D eigenvalue weighted by atomic mass is 16.7. The quantitative estimate of drug-likeness (QED) is 0.120. The maximum absolute atomic E-state index is 5.28. The van der Waals surface area contributed by atoms with Gasteiger partial charge in [-0.2, -0.15) is 0 Å². The smallest absolute Gasteiger partial charge is 0.146 e. The first kappa shape index (κ1) is 24.4. The molecule has 2 nitrogen and oxygen atoms in total. The van der Waals surface area contributed by atoms with Crippen LogP contribution in [0.1, 0.15) is 103 Å². The van der Waals surface area contributed by atoms with Crippen molar-refractivity contribution in [3.8, 4) is 0 Å². The highest BCUT2D eigenvalue weighted by Crippen LogP contribution is 2.12. The molecule has 0 amide bonds. The van der Waals surface area contributed by atoms with Crippen LogP contribution in [0, 0.1) is 0 Å². The van der Waals surface area contributed by atoms with Gasteiger partial charge in [-0.3, -0.25) is 0 Å². The summed E-state index contributed by atoms with van der Waals surface area (Å²) in [6, 6.07) is 0.